The third-order valence-corrected chi connectivity index (χ3v) is 2.15. The van der Waals surface area contributed by atoms with Gasteiger partial charge in [-0.2, -0.15) is 13.2 Å². The second-order valence-electron chi connectivity index (χ2n) is 2.54. The first-order chi connectivity index (χ1) is 6.23. The lowest BCUT2D eigenvalue weighted by Gasteiger charge is -2.17. The summed E-state index contributed by atoms with van der Waals surface area (Å²) < 4.78 is 35.1. The number of rotatable bonds is 0. The SMILES string of the molecule is FC(F)(F)c1ccccc1C(Cl)(Cl)Cl. The molecule has 0 aromatic heterocycles. The molecule has 0 N–H and O–H groups in total. The van der Waals surface area contributed by atoms with Gasteiger partial charge in [0.25, 0.3) is 0 Å². The van der Waals surface area contributed by atoms with E-state index < -0.39 is 15.5 Å². The van der Waals surface area contributed by atoms with Crippen LogP contribution in [-0.2, 0) is 9.97 Å². The highest BCUT2D eigenvalue weighted by Crippen LogP contribution is 2.44. The normalized spacial score (nSPS) is 13.0. The third kappa shape index (κ3) is 2.69. The summed E-state index contributed by atoms with van der Waals surface area (Å²) in [4.78, 5) is 0. The smallest absolute Gasteiger partial charge is 0.166 e. The van der Waals surface area contributed by atoms with Crippen LogP contribution in [0.1, 0.15) is 11.1 Å². The van der Waals surface area contributed by atoms with E-state index in [0.717, 1.165) is 12.1 Å². The lowest BCUT2D eigenvalue weighted by atomic mass is 10.1. The Morgan fingerprint density at radius 3 is 1.57 bits per heavy atom. The fourth-order valence-corrected chi connectivity index (χ4v) is 1.47. The molecule has 1 aromatic carbocycles. The monoisotopic (exact) mass is 262 g/mol. The van der Waals surface area contributed by atoms with Gasteiger partial charge in [0.1, 0.15) is 0 Å². The fraction of sp³-hybridized carbons (Fsp3) is 0.250. The molecule has 0 spiro atoms. The minimum absolute atomic E-state index is 0.363. The van der Waals surface area contributed by atoms with Gasteiger partial charge in [-0.05, 0) is 6.07 Å². The van der Waals surface area contributed by atoms with E-state index in [1.165, 1.54) is 12.1 Å². The Labute approximate surface area is 93.6 Å². The van der Waals surface area contributed by atoms with E-state index in [4.69, 9.17) is 34.8 Å². The molecule has 0 nitrogen and oxygen atoms in total. The molecule has 1 rings (SSSR count). The van der Waals surface area contributed by atoms with Gasteiger partial charge in [0.05, 0.1) is 5.56 Å². The number of hydrogen-bond donors (Lipinski definition) is 0. The molecule has 0 amide bonds. The number of hydrogen-bond acceptors (Lipinski definition) is 0. The lowest BCUT2D eigenvalue weighted by Crippen LogP contribution is -2.13. The van der Waals surface area contributed by atoms with Crippen LogP contribution in [-0.4, -0.2) is 0 Å². The summed E-state index contributed by atoms with van der Waals surface area (Å²) in [7, 11) is 0. The zero-order valence-corrected chi connectivity index (χ0v) is 8.84. The zero-order chi connectivity index (χ0) is 11.0. The van der Waals surface area contributed by atoms with Crippen molar-refractivity contribution in [2.75, 3.05) is 0 Å². The highest BCUT2D eigenvalue weighted by Gasteiger charge is 2.38. The largest absolute Gasteiger partial charge is 0.416 e. The lowest BCUT2D eigenvalue weighted by molar-refractivity contribution is -0.138. The van der Waals surface area contributed by atoms with Gasteiger partial charge in [-0.3, -0.25) is 0 Å². The van der Waals surface area contributed by atoms with Crippen molar-refractivity contribution in [2.24, 2.45) is 0 Å². The summed E-state index contributed by atoms with van der Waals surface area (Å²) in [6, 6.07) is 4.63. The molecular formula is C8H4Cl3F3. The molecular weight excluding hydrogens is 259 g/mol. The molecule has 14 heavy (non-hydrogen) atoms. The molecule has 0 unspecified atom stereocenters. The van der Waals surface area contributed by atoms with Crippen molar-refractivity contribution < 1.29 is 13.2 Å². The molecule has 0 radical (unpaired) electrons. The second kappa shape index (κ2) is 3.80. The molecule has 1 aromatic rings. The van der Waals surface area contributed by atoms with E-state index in [9.17, 15) is 13.2 Å². The van der Waals surface area contributed by atoms with Gasteiger partial charge < -0.3 is 0 Å². The maximum absolute atomic E-state index is 12.4. The van der Waals surface area contributed by atoms with Gasteiger partial charge >= 0.3 is 6.18 Å². The highest BCUT2D eigenvalue weighted by molar-refractivity contribution is 6.66. The van der Waals surface area contributed by atoms with Crippen molar-refractivity contribution in [3.63, 3.8) is 0 Å². The van der Waals surface area contributed by atoms with Crippen LogP contribution < -0.4 is 0 Å². The van der Waals surface area contributed by atoms with E-state index in [2.05, 4.69) is 0 Å². The van der Waals surface area contributed by atoms with E-state index in [1.54, 1.807) is 0 Å². The summed E-state index contributed by atoms with van der Waals surface area (Å²) in [6.07, 6.45) is -4.51. The maximum Gasteiger partial charge on any atom is 0.416 e. The van der Waals surface area contributed by atoms with Gasteiger partial charge in [-0.1, -0.05) is 53.0 Å². The first-order valence-corrected chi connectivity index (χ1v) is 4.60. The minimum atomic E-state index is -4.51. The predicted octanol–water partition coefficient (Wildman–Crippen LogP) is 4.53. The molecule has 0 saturated carbocycles. The van der Waals surface area contributed by atoms with Crippen LogP contribution in [0.2, 0.25) is 0 Å². The summed E-state index contributed by atoms with van der Waals surface area (Å²) in [5, 5.41) is 0. The van der Waals surface area contributed by atoms with Crippen LogP contribution in [0.25, 0.3) is 0 Å². The Morgan fingerprint density at radius 1 is 0.857 bits per heavy atom. The maximum atomic E-state index is 12.4. The Kier molecular flexibility index (Phi) is 3.24. The number of halogens is 6. The van der Waals surface area contributed by atoms with Crippen LogP contribution in [0.4, 0.5) is 13.2 Å². The topological polar surface area (TPSA) is 0 Å². The van der Waals surface area contributed by atoms with E-state index >= 15 is 0 Å². The predicted molar refractivity (Wildman–Crippen MR) is 50.7 cm³/mol. The molecule has 0 bridgehead atoms. The van der Waals surface area contributed by atoms with Crippen LogP contribution in [0.5, 0.6) is 0 Å². The van der Waals surface area contributed by atoms with Crippen molar-refractivity contribution >= 4 is 34.8 Å². The molecule has 0 aliphatic heterocycles. The van der Waals surface area contributed by atoms with Crippen molar-refractivity contribution in [1.82, 2.24) is 0 Å². The van der Waals surface area contributed by atoms with Crippen molar-refractivity contribution in [3.05, 3.63) is 35.4 Å². The van der Waals surface area contributed by atoms with E-state index in [-0.39, 0.29) is 5.56 Å². The van der Waals surface area contributed by atoms with Crippen molar-refractivity contribution in [3.8, 4) is 0 Å². The Bertz CT molecular complexity index is 294. The van der Waals surface area contributed by atoms with Crippen LogP contribution in [0, 0.1) is 0 Å². The minimum Gasteiger partial charge on any atom is -0.166 e. The Hall–Kier alpha value is -0.120. The van der Waals surface area contributed by atoms with Gasteiger partial charge in [0.15, 0.2) is 0 Å². The van der Waals surface area contributed by atoms with Crippen LogP contribution in [0.3, 0.4) is 0 Å². The molecule has 0 atom stereocenters. The standard InChI is InChI=1S/C8H4Cl3F3/c9-7(10,11)5-3-1-2-4-6(5)8(12,13)14/h1-4H. The van der Waals surface area contributed by atoms with Crippen molar-refractivity contribution in [2.45, 2.75) is 9.97 Å². The van der Waals surface area contributed by atoms with E-state index in [1.807, 2.05) is 0 Å². The van der Waals surface area contributed by atoms with Crippen molar-refractivity contribution in [1.29, 1.82) is 0 Å². The van der Waals surface area contributed by atoms with Gasteiger partial charge in [0.2, 0.25) is 3.79 Å². The third-order valence-electron chi connectivity index (χ3n) is 1.54. The molecule has 0 aliphatic carbocycles. The second-order valence-corrected chi connectivity index (χ2v) is 4.82. The van der Waals surface area contributed by atoms with Crippen LogP contribution in [0.15, 0.2) is 24.3 Å². The number of alkyl halides is 6. The molecule has 0 fully saturated rings. The highest BCUT2D eigenvalue weighted by atomic mass is 35.6. The Balaban J connectivity index is 3.31. The average Bonchev–Trinajstić information content (AvgIpc) is 2.01. The molecule has 0 heterocycles. The Morgan fingerprint density at radius 2 is 1.29 bits per heavy atom. The van der Waals surface area contributed by atoms with Crippen LogP contribution >= 0.6 is 34.8 Å². The average molecular weight is 263 g/mol. The summed E-state index contributed by atoms with van der Waals surface area (Å²) in [5.74, 6) is 0. The summed E-state index contributed by atoms with van der Waals surface area (Å²) >= 11 is 16.2. The first-order valence-electron chi connectivity index (χ1n) is 3.46. The quantitative estimate of drug-likeness (QED) is 0.603. The summed E-state index contributed by atoms with van der Waals surface area (Å²) in [6.45, 7) is 0. The zero-order valence-electron chi connectivity index (χ0n) is 6.58. The first kappa shape index (κ1) is 12.0. The van der Waals surface area contributed by atoms with Gasteiger partial charge in [-0.25, -0.2) is 0 Å². The fourth-order valence-electron chi connectivity index (χ4n) is 0.978. The van der Waals surface area contributed by atoms with Gasteiger partial charge in [0, 0.05) is 5.56 Å². The van der Waals surface area contributed by atoms with E-state index in [0.29, 0.717) is 0 Å². The molecule has 6 heteroatoms. The molecule has 78 valence electrons. The van der Waals surface area contributed by atoms with Gasteiger partial charge in [-0.15, -0.1) is 0 Å². The molecule has 0 aliphatic rings. The summed E-state index contributed by atoms with van der Waals surface area (Å²) in [5.41, 5.74) is -1.29. The number of benzene rings is 1. The molecule has 0 saturated heterocycles.